The highest BCUT2D eigenvalue weighted by Crippen LogP contribution is 2.20. The molecule has 2 rings (SSSR count). The number of rotatable bonds is 3. The number of nitrogens with zero attached hydrogens (tertiary/aromatic N) is 1. The quantitative estimate of drug-likeness (QED) is 0.858. The summed E-state index contributed by atoms with van der Waals surface area (Å²) in [6.07, 6.45) is 4.78. The molecule has 5 nitrogen and oxygen atoms in total. The molecular weight excluding hydrogens is 242 g/mol. The Morgan fingerprint density at radius 2 is 2.32 bits per heavy atom. The van der Waals surface area contributed by atoms with Gasteiger partial charge in [0.15, 0.2) is 0 Å². The monoisotopic (exact) mass is 263 g/mol. The van der Waals surface area contributed by atoms with Crippen LogP contribution >= 0.6 is 0 Å². The van der Waals surface area contributed by atoms with E-state index in [0.29, 0.717) is 11.6 Å². The van der Waals surface area contributed by atoms with Gasteiger partial charge >= 0.3 is 0 Å². The van der Waals surface area contributed by atoms with Crippen molar-refractivity contribution in [3.05, 3.63) is 28.7 Å². The van der Waals surface area contributed by atoms with E-state index in [9.17, 15) is 9.59 Å². The molecule has 1 saturated heterocycles. The van der Waals surface area contributed by atoms with Crippen LogP contribution in [0, 0.1) is 5.92 Å². The largest absolute Gasteiger partial charge is 0.323 e. The number of amides is 1. The summed E-state index contributed by atoms with van der Waals surface area (Å²) < 4.78 is 1.46. The van der Waals surface area contributed by atoms with E-state index >= 15 is 0 Å². The third-order valence-corrected chi connectivity index (χ3v) is 3.76. The Hall–Kier alpha value is -1.62. The zero-order valence-corrected chi connectivity index (χ0v) is 11.5. The summed E-state index contributed by atoms with van der Waals surface area (Å²) in [6, 6.07) is 2.97. The Labute approximate surface area is 113 Å². The van der Waals surface area contributed by atoms with Crippen molar-refractivity contribution in [2.75, 3.05) is 11.9 Å². The van der Waals surface area contributed by atoms with Crippen molar-refractivity contribution in [3.8, 4) is 0 Å². The molecule has 2 N–H and O–H groups in total. The fraction of sp³-hybridized carbons (Fsp3) is 0.571. The number of pyridine rings is 1. The van der Waals surface area contributed by atoms with Crippen LogP contribution in [0.4, 0.5) is 5.69 Å². The van der Waals surface area contributed by atoms with Crippen molar-refractivity contribution in [1.29, 1.82) is 0 Å². The van der Waals surface area contributed by atoms with Gasteiger partial charge in [-0.3, -0.25) is 9.59 Å². The van der Waals surface area contributed by atoms with Crippen LogP contribution < -0.4 is 16.2 Å². The summed E-state index contributed by atoms with van der Waals surface area (Å²) in [5, 5.41) is 6.11. The van der Waals surface area contributed by atoms with Gasteiger partial charge in [0.05, 0.1) is 11.7 Å². The lowest BCUT2D eigenvalue weighted by Crippen LogP contribution is -2.46. The number of carbonyl (C=O) groups is 1. The highest BCUT2D eigenvalue weighted by molar-refractivity contribution is 5.94. The maximum absolute atomic E-state index is 12.2. The molecule has 0 bridgehead atoms. The fourth-order valence-electron chi connectivity index (χ4n) is 2.46. The lowest BCUT2D eigenvalue weighted by atomic mass is 9.90. The predicted molar refractivity (Wildman–Crippen MR) is 75.1 cm³/mol. The molecule has 1 amide bonds. The molecule has 0 radical (unpaired) electrons. The number of aryl methyl sites for hydroxylation is 1. The van der Waals surface area contributed by atoms with Gasteiger partial charge in [-0.2, -0.15) is 0 Å². The number of anilines is 1. The lowest BCUT2D eigenvalue weighted by molar-refractivity contribution is -0.119. The minimum atomic E-state index is -0.129. The van der Waals surface area contributed by atoms with E-state index < -0.39 is 0 Å². The van der Waals surface area contributed by atoms with E-state index in [4.69, 9.17) is 0 Å². The average molecular weight is 263 g/mol. The van der Waals surface area contributed by atoms with Crippen LogP contribution in [0.25, 0.3) is 0 Å². The number of hydrogen-bond donors (Lipinski definition) is 2. The van der Waals surface area contributed by atoms with Gasteiger partial charge in [-0.05, 0) is 31.4 Å². The van der Waals surface area contributed by atoms with Crippen LogP contribution in [0.1, 0.15) is 26.2 Å². The highest BCUT2D eigenvalue weighted by atomic mass is 16.2. The van der Waals surface area contributed by atoms with Crippen LogP contribution in [0.15, 0.2) is 23.1 Å². The van der Waals surface area contributed by atoms with Crippen molar-refractivity contribution in [1.82, 2.24) is 9.88 Å². The van der Waals surface area contributed by atoms with E-state index in [1.807, 2.05) is 0 Å². The second-order valence-electron chi connectivity index (χ2n) is 5.16. The second-order valence-corrected chi connectivity index (χ2v) is 5.16. The van der Waals surface area contributed by atoms with E-state index in [0.717, 1.165) is 25.8 Å². The summed E-state index contributed by atoms with van der Waals surface area (Å²) in [5.41, 5.74) is 0.576. The molecule has 2 heterocycles. The van der Waals surface area contributed by atoms with Crippen molar-refractivity contribution < 1.29 is 4.79 Å². The normalized spacial score (nSPS) is 23.1. The van der Waals surface area contributed by atoms with Gasteiger partial charge in [0.25, 0.3) is 0 Å². The van der Waals surface area contributed by atoms with E-state index in [1.54, 1.807) is 19.3 Å². The maximum Gasteiger partial charge on any atom is 0.250 e. The standard InChI is InChI=1S/C14H21N3O2/c1-3-10-6-7-15-12(8-10)14(19)16-11-4-5-13(18)17(2)9-11/h4-5,9-10,12,15H,3,6-8H2,1-2H3,(H,16,19). The zero-order chi connectivity index (χ0) is 13.8. The third-order valence-electron chi connectivity index (χ3n) is 3.76. The Morgan fingerprint density at radius 3 is 3.00 bits per heavy atom. The van der Waals surface area contributed by atoms with Crippen molar-refractivity contribution in [3.63, 3.8) is 0 Å². The van der Waals surface area contributed by atoms with Crippen LogP contribution in [-0.2, 0) is 11.8 Å². The summed E-state index contributed by atoms with van der Waals surface area (Å²) in [4.78, 5) is 23.4. The molecule has 1 fully saturated rings. The summed E-state index contributed by atoms with van der Waals surface area (Å²) in [7, 11) is 1.67. The molecule has 104 valence electrons. The SMILES string of the molecule is CCC1CCNC(C(=O)Nc2ccc(=O)n(C)c2)C1. The number of piperidine rings is 1. The number of aromatic nitrogens is 1. The predicted octanol–water partition coefficient (Wildman–Crippen LogP) is 1.10. The first kappa shape index (κ1) is 13.8. The number of carbonyl (C=O) groups excluding carboxylic acids is 1. The van der Waals surface area contributed by atoms with Gasteiger partial charge < -0.3 is 15.2 Å². The summed E-state index contributed by atoms with van der Waals surface area (Å²) in [6.45, 7) is 3.06. The second kappa shape index (κ2) is 6.02. The Kier molecular flexibility index (Phi) is 4.37. The number of hydrogen-bond acceptors (Lipinski definition) is 3. The van der Waals surface area contributed by atoms with Crippen molar-refractivity contribution in [2.45, 2.75) is 32.2 Å². The molecule has 0 saturated carbocycles. The smallest absolute Gasteiger partial charge is 0.250 e. The summed E-state index contributed by atoms with van der Waals surface area (Å²) in [5.74, 6) is 0.605. The Balaban J connectivity index is 2.00. The molecular formula is C14H21N3O2. The molecule has 19 heavy (non-hydrogen) atoms. The first-order chi connectivity index (χ1) is 9.10. The van der Waals surface area contributed by atoms with Gasteiger partial charge in [0, 0.05) is 19.3 Å². The molecule has 1 aliphatic rings. The minimum Gasteiger partial charge on any atom is -0.323 e. The lowest BCUT2D eigenvalue weighted by Gasteiger charge is -2.28. The minimum absolute atomic E-state index is 0.0169. The molecule has 0 aliphatic carbocycles. The van der Waals surface area contributed by atoms with Crippen LogP contribution in [0.3, 0.4) is 0 Å². The fourth-order valence-corrected chi connectivity index (χ4v) is 2.46. The first-order valence-electron chi connectivity index (χ1n) is 6.81. The average Bonchev–Trinajstić information content (AvgIpc) is 2.43. The van der Waals surface area contributed by atoms with Gasteiger partial charge in [-0.25, -0.2) is 0 Å². The molecule has 1 aliphatic heterocycles. The van der Waals surface area contributed by atoms with Gasteiger partial charge in [0.2, 0.25) is 11.5 Å². The molecule has 1 aromatic heterocycles. The molecule has 0 aromatic carbocycles. The molecule has 2 atom stereocenters. The van der Waals surface area contributed by atoms with Crippen LogP contribution in [-0.4, -0.2) is 23.1 Å². The third kappa shape index (κ3) is 3.44. The molecule has 0 spiro atoms. The van der Waals surface area contributed by atoms with E-state index in [1.165, 1.54) is 10.6 Å². The maximum atomic E-state index is 12.2. The van der Waals surface area contributed by atoms with Crippen LogP contribution in [0.2, 0.25) is 0 Å². The molecule has 2 unspecified atom stereocenters. The van der Waals surface area contributed by atoms with Crippen molar-refractivity contribution >= 4 is 11.6 Å². The topological polar surface area (TPSA) is 63.1 Å². The van der Waals surface area contributed by atoms with Gasteiger partial charge in [-0.15, -0.1) is 0 Å². The number of nitrogens with one attached hydrogen (secondary N) is 2. The van der Waals surface area contributed by atoms with Crippen molar-refractivity contribution in [2.24, 2.45) is 13.0 Å². The Morgan fingerprint density at radius 1 is 1.53 bits per heavy atom. The van der Waals surface area contributed by atoms with E-state index in [-0.39, 0.29) is 17.5 Å². The summed E-state index contributed by atoms with van der Waals surface area (Å²) >= 11 is 0. The molecule has 1 aromatic rings. The van der Waals surface area contributed by atoms with Gasteiger partial charge in [0.1, 0.15) is 0 Å². The first-order valence-corrected chi connectivity index (χ1v) is 6.81. The van der Waals surface area contributed by atoms with Gasteiger partial charge in [-0.1, -0.05) is 13.3 Å². The van der Waals surface area contributed by atoms with Crippen LogP contribution in [0.5, 0.6) is 0 Å². The molecule has 5 heteroatoms. The highest BCUT2D eigenvalue weighted by Gasteiger charge is 2.25. The Bertz CT molecular complexity index is 510. The zero-order valence-electron chi connectivity index (χ0n) is 11.5. The van der Waals surface area contributed by atoms with E-state index in [2.05, 4.69) is 17.6 Å².